The Hall–Kier alpha value is -4.24. The number of thioether (sulfide) groups is 1. The molecule has 4 rings (SSSR count). The van der Waals surface area contributed by atoms with Gasteiger partial charge < -0.3 is 4.74 Å². The molecule has 0 spiro atoms. The fraction of sp³-hybridized carbons (Fsp3) is 0.148. The fourth-order valence-corrected chi connectivity index (χ4v) is 4.34. The molecule has 0 aliphatic carbocycles. The Morgan fingerprint density at radius 3 is 2.42 bits per heavy atom. The first kappa shape index (κ1) is 24.9. The van der Waals surface area contributed by atoms with Gasteiger partial charge in [-0.1, -0.05) is 42.1 Å². The lowest BCUT2D eigenvalue weighted by molar-refractivity contribution is -0.131. The van der Waals surface area contributed by atoms with Gasteiger partial charge in [0, 0.05) is 6.92 Å². The van der Waals surface area contributed by atoms with Gasteiger partial charge in [0.1, 0.15) is 5.75 Å². The summed E-state index contributed by atoms with van der Waals surface area (Å²) in [5.74, 6) is -0.290. The van der Waals surface area contributed by atoms with E-state index in [0.29, 0.717) is 27.5 Å². The quantitative estimate of drug-likeness (QED) is 0.102. The van der Waals surface area contributed by atoms with Gasteiger partial charge in [-0.15, -0.1) is 0 Å². The number of carbonyl (C=O) groups excluding carboxylic acids is 2. The number of esters is 1. The molecule has 0 aliphatic rings. The molecule has 0 radical (unpaired) electrons. The molecule has 36 heavy (non-hydrogen) atoms. The molecule has 1 N–H and O–H groups in total. The molecule has 1 amide bonds. The number of hydrogen-bond acceptors (Lipinski definition) is 7. The van der Waals surface area contributed by atoms with Gasteiger partial charge in [0.25, 0.3) is 11.5 Å². The maximum Gasteiger partial charge on any atom is 0.308 e. The van der Waals surface area contributed by atoms with Crippen LogP contribution in [-0.4, -0.2) is 32.9 Å². The summed E-state index contributed by atoms with van der Waals surface area (Å²) in [6.45, 7) is 5.02. The molecule has 0 atom stereocenters. The number of rotatable bonds is 7. The van der Waals surface area contributed by atoms with Crippen LogP contribution < -0.4 is 15.7 Å². The molecule has 4 aromatic rings. The molecule has 0 saturated heterocycles. The lowest BCUT2D eigenvalue weighted by atomic mass is 10.1. The van der Waals surface area contributed by atoms with Gasteiger partial charge in [-0.2, -0.15) is 5.10 Å². The predicted octanol–water partition coefficient (Wildman–Crippen LogP) is 4.25. The van der Waals surface area contributed by atoms with Gasteiger partial charge in [0.2, 0.25) is 0 Å². The molecule has 1 heterocycles. The van der Waals surface area contributed by atoms with Crippen LogP contribution >= 0.6 is 11.8 Å². The van der Waals surface area contributed by atoms with Gasteiger partial charge in [0.15, 0.2) is 5.16 Å². The molecular weight excluding hydrogens is 476 g/mol. The smallest absolute Gasteiger partial charge is 0.308 e. The summed E-state index contributed by atoms with van der Waals surface area (Å²) in [6.07, 6.45) is 0. The number of amides is 1. The number of hydrazone groups is 1. The summed E-state index contributed by atoms with van der Waals surface area (Å²) in [7, 11) is 0. The first-order valence-corrected chi connectivity index (χ1v) is 12.1. The van der Waals surface area contributed by atoms with E-state index in [1.165, 1.54) is 6.92 Å². The number of aromatic nitrogens is 2. The monoisotopic (exact) mass is 500 g/mol. The molecule has 0 aliphatic heterocycles. The Balaban J connectivity index is 1.52. The summed E-state index contributed by atoms with van der Waals surface area (Å²) < 4.78 is 6.57. The number of aryl methyl sites for hydroxylation is 1. The normalized spacial score (nSPS) is 11.4. The highest BCUT2D eigenvalue weighted by Gasteiger charge is 2.16. The number of carbonyl (C=O) groups is 2. The minimum absolute atomic E-state index is 0.0127. The van der Waals surface area contributed by atoms with E-state index >= 15 is 0 Å². The SMILES string of the molecule is CC(=O)Oc1ccc(/C(C)=N\NC(=O)CSc2nc3ccccc3c(=O)n2-c2ccccc2C)cc1. The van der Waals surface area contributed by atoms with E-state index in [9.17, 15) is 14.4 Å². The molecule has 9 heteroatoms. The number of ether oxygens (including phenoxy) is 1. The summed E-state index contributed by atoms with van der Waals surface area (Å²) >= 11 is 1.16. The second kappa shape index (κ2) is 11.0. The van der Waals surface area contributed by atoms with Crippen molar-refractivity contribution in [3.05, 3.63) is 94.3 Å². The summed E-state index contributed by atoms with van der Waals surface area (Å²) in [5, 5.41) is 5.10. The molecule has 8 nitrogen and oxygen atoms in total. The van der Waals surface area contributed by atoms with Crippen LogP contribution in [0.2, 0.25) is 0 Å². The van der Waals surface area contributed by atoms with Gasteiger partial charge >= 0.3 is 5.97 Å². The van der Waals surface area contributed by atoms with E-state index in [4.69, 9.17) is 4.74 Å². The van der Waals surface area contributed by atoms with Crippen LogP contribution in [0.4, 0.5) is 0 Å². The Morgan fingerprint density at radius 2 is 1.69 bits per heavy atom. The van der Waals surface area contributed by atoms with E-state index in [-0.39, 0.29) is 17.2 Å². The van der Waals surface area contributed by atoms with E-state index in [1.807, 2.05) is 37.3 Å². The molecule has 0 fully saturated rings. The number of hydrogen-bond donors (Lipinski definition) is 1. The van der Waals surface area contributed by atoms with Crippen molar-refractivity contribution in [2.24, 2.45) is 5.10 Å². The topological polar surface area (TPSA) is 103 Å². The Kier molecular flexibility index (Phi) is 7.60. The zero-order valence-corrected chi connectivity index (χ0v) is 20.8. The minimum atomic E-state index is -0.397. The highest BCUT2D eigenvalue weighted by atomic mass is 32.2. The van der Waals surface area contributed by atoms with E-state index < -0.39 is 5.97 Å². The van der Waals surface area contributed by atoms with Crippen LogP contribution in [0.25, 0.3) is 16.6 Å². The van der Waals surface area contributed by atoms with E-state index in [0.717, 1.165) is 28.6 Å². The van der Waals surface area contributed by atoms with E-state index in [1.54, 1.807) is 54.0 Å². The van der Waals surface area contributed by atoms with Crippen LogP contribution in [0.1, 0.15) is 25.0 Å². The lowest BCUT2D eigenvalue weighted by Crippen LogP contribution is -2.25. The summed E-state index contributed by atoms with van der Waals surface area (Å²) in [6, 6.07) is 21.5. The van der Waals surface area contributed by atoms with Gasteiger partial charge in [0.05, 0.1) is 28.1 Å². The number of nitrogens with one attached hydrogen (secondary N) is 1. The zero-order valence-electron chi connectivity index (χ0n) is 20.0. The average Bonchev–Trinajstić information content (AvgIpc) is 2.87. The molecule has 3 aromatic carbocycles. The number of benzene rings is 3. The van der Waals surface area contributed by atoms with E-state index in [2.05, 4.69) is 15.5 Å². The van der Waals surface area contributed by atoms with Crippen LogP contribution in [-0.2, 0) is 9.59 Å². The van der Waals surface area contributed by atoms with Crippen LogP contribution in [0.5, 0.6) is 5.75 Å². The zero-order chi connectivity index (χ0) is 25.7. The van der Waals surface area contributed by atoms with Crippen molar-refractivity contribution >= 4 is 40.3 Å². The fourth-order valence-electron chi connectivity index (χ4n) is 3.54. The first-order valence-electron chi connectivity index (χ1n) is 11.2. The predicted molar refractivity (Wildman–Crippen MR) is 141 cm³/mol. The molecule has 0 unspecified atom stereocenters. The summed E-state index contributed by atoms with van der Waals surface area (Å²) in [5.41, 5.74) is 5.92. The highest BCUT2D eigenvalue weighted by Crippen LogP contribution is 2.23. The van der Waals surface area contributed by atoms with Crippen molar-refractivity contribution in [2.45, 2.75) is 25.9 Å². The first-order chi connectivity index (χ1) is 17.3. The van der Waals surface area contributed by atoms with Crippen molar-refractivity contribution in [3.63, 3.8) is 0 Å². The Morgan fingerprint density at radius 1 is 1.00 bits per heavy atom. The van der Waals surface area contributed by atoms with Crippen molar-refractivity contribution in [3.8, 4) is 11.4 Å². The number of para-hydroxylation sites is 2. The second-order valence-electron chi connectivity index (χ2n) is 7.98. The van der Waals surface area contributed by atoms with Crippen molar-refractivity contribution in [1.82, 2.24) is 15.0 Å². The lowest BCUT2D eigenvalue weighted by Gasteiger charge is -2.14. The van der Waals surface area contributed by atoms with Gasteiger partial charge in [-0.25, -0.2) is 10.4 Å². The number of nitrogens with zero attached hydrogens (tertiary/aromatic N) is 3. The third-order valence-corrected chi connectivity index (χ3v) is 6.25. The van der Waals surface area contributed by atoms with Crippen LogP contribution in [0, 0.1) is 6.92 Å². The van der Waals surface area contributed by atoms with Gasteiger partial charge in [-0.05, 0) is 67.4 Å². The van der Waals surface area contributed by atoms with Crippen molar-refractivity contribution < 1.29 is 14.3 Å². The molecule has 182 valence electrons. The highest BCUT2D eigenvalue weighted by molar-refractivity contribution is 7.99. The minimum Gasteiger partial charge on any atom is -0.427 e. The molecule has 1 aromatic heterocycles. The standard InChI is InChI=1S/C27H24N4O4S/c1-17-8-4-7-11-24(17)31-26(34)22-9-5-6-10-23(22)28-27(31)36-16-25(33)30-29-18(2)20-12-14-21(15-13-20)35-19(3)32/h4-15H,16H2,1-3H3,(H,30,33)/b29-18-. The van der Waals surface area contributed by atoms with Crippen LogP contribution in [0.15, 0.2) is 87.8 Å². The second-order valence-corrected chi connectivity index (χ2v) is 8.92. The van der Waals surface area contributed by atoms with Crippen molar-refractivity contribution in [1.29, 1.82) is 0 Å². The van der Waals surface area contributed by atoms with Crippen LogP contribution in [0.3, 0.4) is 0 Å². The average molecular weight is 501 g/mol. The molecule has 0 saturated carbocycles. The Labute approximate surface area is 212 Å². The third-order valence-electron chi connectivity index (χ3n) is 5.32. The number of fused-ring (bicyclic) bond motifs is 1. The maximum atomic E-state index is 13.4. The summed E-state index contributed by atoms with van der Waals surface area (Å²) in [4.78, 5) is 41.7. The van der Waals surface area contributed by atoms with Crippen molar-refractivity contribution in [2.75, 3.05) is 5.75 Å². The Bertz CT molecular complexity index is 1530. The van der Waals surface area contributed by atoms with Gasteiger partial charge in [-0.3, -0.25) is 19.0 Å². The molecular formula is C27H24N4O4S. The third kappa shape index (κ3) is 5.69. The molecule has 0 bridgehead atoms. The maximum absolute atomic E-state index is 13.4. The largest absolute Gasteiger partial charge is 0.427 e.